The van der Waals surface area contributed by atoms with Gasteiger partial charge in [0.05, 0.1) is 30.1 Å². The Kier molecular flexibility index (Phi) is 6.56. The summed E-state index contributed by atoms with van der Waals surface area (Å²) in [6.45, 7) is 5.38. The molecule has 0 bridgehead atoms. The molecule has 1 aromatic heterocycles. The number of aryl methyl sites for hydroxylation is 3. The number of carbonyl (C=O) groups excluding carboxylic acids is 1. The van der Waals surface area contributed by atoms with E-state index in [0.717, 1.165) is 52.6 Å². The lowest BCUT2D eigenvalue weighted by atomic mass is 10.0. The van der Waals surface area contributed by atoms with Crippen molar-refractivity contribution in [3.63, 3.8) is 0 Å². The second-order valence-electron chi connectivity index (χ2n) is 7.48. The smallest absolute Gasteiger partial charge is 0.222 e. The Balaban J connectivity index is 1.95. The second-order valence-corrected chi connectivity index (χ2v) is 7.48. The topological polar surface area (TPSA) is 71.8 Å². The predicted molar refractivity (Wildman–Crippen MR) is 115 cm³/mol. The molecule has 3 rings (SSSR count). The van der Waals surface area contributed by atoms with Crippen molar-refractivity contribution in [2.24, 2.45) is 12.0 Å². The van der Waals surface area contributed by atoms with Gasteiger partial charge in [0.15, 0.2) is 0 Å². The molecular weight excluding hydrogens is 366 g/mol. The van der Waals surface area contributed by atoms with E-state index in [1.165, 1.54) is 0 Å². The number of nitrogens with zero attached hydrogens (tertiary/aromatic N) is 4. The highest BCUT2D eigenvalue weighted by atomic mass is 16.5. The van der Waals surface area contributed by atoms with Crippen LogP contribution in [0, 0.1) is 0 Å². The summed E-state index contributed by atoms with van der Waals surface area (Å²) in [4.78, 5) is 18.5. The highest BCUT2D eigenvalue weighted by molar-refractivity contribution is 6.03. The summed E-state index contributed by atoms with van der Waals surface area (Å²) in [6, 6.07) is 6.09. The summed E-state index contributed by atoms with van der Waals surface area (Å²) in [6.07, 6.45) is 3.10. The zero-order chi connectivity index (χ0) is 21.0. The van der Waals surface area contributed by atoms with Gasteiger partial charge in [-0.25, -0.2) is 4.99 Å². The number of rotatable bonds is 8. The summed E-state index contributed by atoms with van der Waals surface area (Å²) in [5.41, 5.74) is 5.13. The van der Waals surface area contributed by atoms with Gasteiger partial charge in [-0.05, 0) is 37.5 Å². The lowest BCUT2D eigenvalue weighted by molar-refractivity contribution is -0.128. The van der Waals surface area contributed by atoms with E-state index in [1.54, 1.807) is 19.0 Å². The first-order valence-electron chi connectivity index (χ1n) is 10.3. The first-order chi connectivity index (χ1) is 13.9. The van der Waals surface area contributed by atoms with E-state index in [1.807, 2.05) is 30.8 Å². The van der Waals surface area contributed by atoms with E-state index >= 15 is 0 Å². The van der Waals surface area contributed by atoms with Crippen LogP contribution >= 0.6 is 0 Å². The van der Waals surface area contributed by atoms with E-state index in [2.05, 4.69) is 23.4 Å². The number of hydrogen-bond donors (Lipinski definition) is 1. The lowest BCUT2D eigenvalue weighted by Crippen LogP contribution is -2.28. The molecule has 0 saturated carbocycles. The van der Waals surface area contributed by atoms with Gasteiger partial charge in [-0.1, -0.05) is 19.4 Å². The third kappa shape index (κ3) is 4.60. The minimum atomic E-state index is 0.123. The number of hydrogen-bond acceptors (Lipinski definition) is 5. The molecule has 7 nitrogen and oxygen atoms in total. The van der Waals surface area contributed by atoms with Gasteiger partial charge in [0.1, 0.15) is 17.3 Å². The Labute approximate surface area is 172 Å². The maximum Gasteiger partial charge on any atom is 0.222 e. The monoisotopic (exact) mass is 397 g/mol. The van der Waals surface area contributed by atoms with Gasteiger partial charge in [-0.15, -0.1) is 0 Å². The van der Waals surface area contributed by atoms with Crippen molar-refractivity contribution in [2.75, 3.05) is 20.7 Å². The minimum absolute atomic E-state index is 0.123. The van der Waals surface area contributed by atoms with E-state index in [-0.39, 0.29) is 5.91 Å². The van der Waals surface area contributed by atoms with Crippen LogP contribution in [-0.2, 0) is 31.2 Å². The molecule has 1 aliphatic rings. The van der Waals surface area contributed by atoms with Crippen LogP contribution in [0.2, 0.25) is 0 Å². The van der Waals surface area contributed by atoms with Crippen LogP contribution in [0.1, 0.15) is 49.2 Å². The fourth-order valence-electron chi connectivity index (χ4n) is 3.49. The molecule has 0 unspecified atom stereocenters. The van der Waals surface area contributed by atoms with Gasteiger partial charge < -0.3 is 15.0 Å². The number of aliphatic imine (C=N–C) groups is 1. The number of aromatic nitrogens is 2. The molecule has 0 atom stereocenters. The van der Waals surface area contributed by atoms with Crippen LogP contribution in [0.3, 0.4) is 0 Å². The summed E-state index contributed by atoms with van der Waals surface area (Å²) < 4.78 is 7.78. The molecule has 1 aromatic carbocycles. The largest absolute Gasteiger partial charge is 0.493 e. The summed E-state index contributed by atoms with van der Waals surface area (Å²) in [5.74, 6) is 1.72. The Morgan fingerprint density at radius 2 is 2.07 bits per heavy atom. The molecule has 1 amide bonds. The number of fused-ring (bicyclic) bond motifs is 1. The van der Waals surface area contributed by atoms with Gasteiger partial charge in [0.2, 0.25) is 5.91 Å². The van der Waals surface area contributed by atoms with Crippen LogP contribution in [-0.4, -0.2) is 47.1 Å². The SMILES string of the molecule is CCCc1nn(C)c2c1N=C(c1cc(CCC(=O)N(C)C)ccc1OCC)NC2. The molecular formula is C22H31N5O2. The van der Waals surface area contributed by atoms with E-state index in [9.17, 15) is 4.79 Å². The van der Waals surface area contributed by atoms with Gasteiger partial charge in [0.25, 0.3) is 0 Å². The molecule has 156 valence electrons. The molecule has 2 aromatic rings. The van der Waals surface area contributed by atoms with Crippen molar-refractivity contribution in [3.05, 3.63) is 40.7 Å². The molecule has 0 saturated heterocycles. The quantitative estimate of drug-likeness (QED) is 0.743. The fraction of sp³-hybridized carbons (Fsp3) is 0.500. The Morgan fingerprint density at radius 1 is 1.28 bits per heavy atom. The Bertz CT molecular complexity index is 914. The third-order valence-electron chi connectivity index (χ3n) is 5.07. The van der Waals surface area contributed by atoms with Crippen molar-refractivity contribution in [1.82, 2.24) is 20.0 Å². The van der Waals surface area contributed by atoms with Gasteiger partial charge in [-0.3, -0.25) is 9.48 Å². The highest BCUT2D eigenvalue weighted by Gasteiger charge is 2.23. The maximum absolute atomic E-state index is 12.0. The molecule has 1 aliphatic heterocycles. The van der Waals surface area contributed by atoms with E-state index in [4.69, 9.17) is 9.73 Å². The molecule has 29 heavy (non-hydrogen) atoms. The molecule has 0 aliphatic carbocycles. The normalized spacial score (nSPS) is 12.8. The standard InChI is InChI=1S/C22H31N5O2/c1-6-8-17-21-18(27(5)25-17)14-23-22(24-21)16-13-15(9-11-19(16)29-7-2)10-12-20(28)26(3)4/h9,11,13H,6-8,10,12,14H2,1-5H3,(H,23,24). The van der Waals surface area contributed by atoms with E-state index < -0.39 is 0 Å². The minimum Gasteiger partial charge on any atom is -0.493 e. The van der Waals surface area contributed by atoms with Crippen LogP contribution in [0.4, 0.5) is 5.69 Å². The molecule has 2 heterocycles. The number of amides is 1. The molecule has 1 N–H and O–H groups in total. The van der Waals surface area contributed by atoms with Crippen LogP contribution in [0.5, 0.6) is 5.75 Å². The van der Waals surface area contributed by atoms with Crippen molar-refractivity contribution in [2.45, 2.75) is 46.1 Å². The average molecular weight is 398 g/mol. The summed E-state index contributed by atoms with van der Waals surface area (Å²) >= 11 is 0. The molecule has 7 heteroatoms. The molecule has 0 fully saturated rings. The fourth-order valence-corrected chi connectivity index (χ4v) is 3.49. The van der Waals surface area contributed by atoms with Crippen molar-refractivity contribution in [1.29, 1.82) is 0 Å². The van der Waals surface area contributed by atoms with E-state index in [0.29, 0.717) is 26.0 Å². The number of amidine groups is 1. The first-order valence-corrected chi connectivity index (χ1v) is 10.3. The van der Waals surface area contributed by atoms with Crippen LogP contribution < -0.4 is 10.1 Å². The molecule has 0 spiro atoms. The third-order valence-corrected chi connectivity index (χ3v) is 5.07. The van der Waals surface area contributed by atoms with Crippen LogP contribution in [0.25, 0.3) is 0 Å². The summed E-state index contributed by atoms with van der Waals surface area (Å²) in [7, 11) is 5.53. The van der Waals surface area contributed by atoms with Gasteiger partial charge in [0, 0.05) is 27.6 Å². The number of nitrogens with one attached hydrogen (secondary N) is 1. The zero-order valence-corrected chi connectivity index (χ0v) is 18.1. The number of benzene rings is 1. The second kappa shape index (κ2) is 9.11. The average Bonchev–Trinajstić information content (AvgIpc) is 3.02. The number of carbonyl (C=O) groups is 1. The van der Waals surface area contributed by atoms with Crippen molar-refractivity contribution in [3.8, 4) is 5.75 Å². The maximum atomic E-state index is 12.0. The van der Waals surface area contributed by atoms with Gasteiger partial charge in [-0.2, -0.15) is 5.10 Å². The molecule has 0 radical (unpaired) electrons. The number of ether oxygens (including phenoxy) is 1. The Morgan fingerprint density at radius 3 is 2.76 bits per heavy atom. The highest BCUT2D eigenvalue weighted by Crippen LogP contribution is 2.31. The summed E-state index contributed by atoms with van der Waals surface area (Å²) in [5, 5.41) is 8.08. The Hall–Kier alpha value is -2.83. The van der Waals surface area contributed by atoms with Crippen LogP contribution in [0.15, 0.2) is 23.2 Å². The lowest BCUT2D eigenvalue weighted by Gasteiger charge is -2.19. The van der Waals surface area contributed by atoms with Crippen molar-refractivity contribution >= 4 is 17.4 Å². The zero-order valence-electron chi connectivity index (χ0n) is 18.1. The van der Waals surface area contributed by atoms with Gasteiger partial charge >= 0.3 is 0 Å². The first kappa shape index (κ1) is 20.9. The van der Waals surface area contributed by atoms with Crippen molar-refractivity contribution < 1.29 is 9.53 Å². The predicted octanol–water partition coefficient (Wildman–Crippen LogP) is 2.97.